The zero-order chi connectivity index (χ0) is 6.69. The Kier molecular flexibility index (Phi) is 9.08. The molecule has 1 fully saturated rings. The van der Waals surface area contributed by atoms with Crippen molar-refractivity contribution in [3.05, 3.63) is 0 Å². The zero-order valence-electron chi connectivity index (χ0n) is 6.87. The van der Waals surface area contributed by atoms with Crippen LogP contribution in [0.1, 0.15) is 0 Å². The highest BCUT2D eigenvalue weighted by Crippen LogP contribution is 1.98. The van der Waals surface area contributed by atoms with E-state index in [0.717, 1.165) is 19.6 Å². The van der Waals surface area contributed by atoms with Gasteiger partial charge in [0, 0.05) is 26.7 Å². The first-order valence-electron chi connectivity index (χ1n) is 3.28. The summed E-state index contributed by atoms with van der Waals surface area (Å²) in [7, 11) is 3.82. The van der Waals surface area contributed by atoms with Gasteiger partial charge in [-0.3, -0.25) is 4.90 Å². The summed E-state index contributed by atoms with van der Waals surface area (Å²) in [6, 6.07) is 0. The van der Waals surface area contributed by atoms with Gasteiger partial charge in [0.25, 0.3) is 0 Å². The van der Waals surface area contributed by atoms with E-state index in [4.69, 9.17) is 4.74 Å². The van der Waals surface area contributed by atoms with Gasteiger partial charge < -0.3 is 10.1 Å². The minimum absolute atomic E-state index is 0. The molecule has 5 heteroatoms. The molecule has 1 atom stereocenters. The predicted octanol–water partition coefficient (Wildman–Crippen LogP) is 0.337. The highest BCUT2D eigenvalue weighted by atomic mass is 35.5. The number of rotatable bonds is 1. The fraction of sp³-hybridized carbons (Fsp3) is 1.00. The first-order chi connectivity index (χ1) is 4.34. The largest absolute Gasteiger partial charge is 0.365 e. The molecule has 1 aliphatic heterocycles. The number of halogens is 2. The van der Waals surface area contributed by atoms with Crippen molar-refractivity contribution in [2.75, 3.05) is 33.8 Å². The lowest BCUT2D eigenvalue weighted by atomic mass is 10.4. The Morgan fingerprint density at radius 3 is 2.45 bits per heavy atom. The van der Waals surface area contributed by atoms with Crippen molar-refractivity contribution in [1.29, 1.82) is 0 Å². The van der Waals surface area contributed by atoms with Crippen molar-refractivity contribution in [2.24, 2.45) is 0 Å². The van der Waals surface area contributed by atoms with Crippen LogP contribution in [0.25, 0.3) is 0 Å². The maximum Gasteiger partial charge on any atom is 0.122 e. The lowest BCUT2D eigenvalue weighted by Crippen LogP contribution is -2.49. The minimum atomic E-state index is 0. The van der Waals surface area contributed by atoms with Gasteiger partial charge in [-0.05, 0) is 7.05 Å². The average Bonchev–Trinajstić information content (AvgIpc) is 1.89. The number of hydrogen-bond acceptors (Lipinski definition) is 3. The SMILES string of the molecule is CO[C@H]1CNCCN1C.Cl.Cl. The highest BCUT2D eigenvalue weighted by molar-refractivity contribution is 5.85. The molecule has 11 heavy (non-hydrogen) atoms. The van der Waals surface area contributed by atoms with Gasteiger partial charge in [0.1, 0.15) is 6.23 Å². The predicted molar refractivity (Wildman–Crippen MR) is 50.8 cm³/mol. The van der Waals surface area contributed by atoms with E-state index < -0.39 is 0 Å². The maximum atomic E-state index is 5.17. The molecule has 1 aliphatic rings. The van der Waals surface area contributed by atoms with E-state index in [0.29, 0.717) is 0 Å². The molecule has 0 radical (unpaired) electrons. The van der Waals surface area contributed by atoms with Crippen LogP contribution in [-0.4, -0.2) is 44.9 Å². The lowest BCUT2D eigenvalue weighted by Gasteiger charge is -2.31. The number of nitrogens with one attached hydrogen (secondary N) is 1. The van der Waals surface area contributed by atoms with Gasteiger partial charge in [-0.25, -0.2) is 0 Å². The molecule has 0 aromatic heterocycles. The Labute approximate surface area is 80.3 Å². The molecular formula is C6H16Cl2N2O. The summed E-state index contributed by atoms with van der Waals surface area (Å²) in [6.45, 7) is 3.11. The smallest absolute Gasteiger partial charge is 0.122 e. The second-order valence-corrected chi connectivity index (χ2v) is 2.38. The molecule has 1 saturated heterocycles. The van der Waals surface area contributed by atoms with Crippen LogP contribution in [0, 0.1) is 0 Å². The van der Waals surface area contributed by atoms with E-state index in [-0.39, 0.29) is 31.0 Å². The quantitative estimate of drug-likeness (QED) is 0.665. The molecule has 0 aromatic carbocycles. The summed E-state index contributed by atoms with van der Waals surface area (Å²) in [4.78, 5) is 2.20. The Hall–Kier alpha value is 0.460. The van der Waals surface area contributed by atoms with Crippen molar-refractivity contribution in [1.82, 2.24) is 10.2 Å². The van der Waals surface area contributed by atoms with Crippen LogP contribution in [0.4, 0.5) is 0 Å². The van der Waals surface area contributed by atoms with E-state index >= 15 is 0 Å². The van der Waals surface area contributed by atoms with Gasteiger partial charge in [0.05, 0.1) is 0 Å². The topological polar surface area (TPSA) is 24.5 Å². The zero-order valence-corrected chi connectivity index (χ0v) is 8.50. The maximum absolute atomic E-state index is 5.17. The summed E-state index contributed by atoms with van der Waals surface area (Å²) in [6.07, 6.45) is 0.277. The highest BCUT2D eigenvalue weighted by Gasteiger charge is 2.16. The Morgan fingerprint density at radius 2 is 2.09 bits per heavy atom. The molecule has 1 heterocycles. The molecule has 0 spiro atoms. The molecule has 0 aliphatic carbocycles. The summed E-state index contributed by atoms with van der Waals surface area (Å²) in [5, 5.41) is 3.25. The molecule has 0 saturated carbocycles. The third-order valence-corrected chi connectivity index (χ3v) is 1.72. The van der Waals surface area contributed by atoms with E-state index in [9.17, 15) is 0 Å². The van der Waals surface area contributed by atoms with Gasteiger partial charge in [0.2, 0.25) is 0 Å². The number of methoxy groups -OCH3 is 1. The number of nitrogens with zero attached hydrogens (tertiary/aromatic N) is 1. The van der Waals surface area contributed by atoms with Crippen LogP contribution in [0.15, 0.2) is 0 Å². The van der Waals surface area contributed by atoms with Crippen LogP contribution >= 0.6 is 24.8 Å². The summed E-state index contributed by atoms with van der Waals surface area (Å²) < 4.78 is 5.17. The second kappa shape index (κ2) is 7.13. The molecule has 0 amide bonds. The lowest BCUT2D eigenvalue weighted by molar-refractivity contribution is -0.0304. The summed E-state index contributed by atoms with van der Waals surface area (Å²) in [5.74, 6) is 0. The molecule has 70 valence electrons. The average molecular weight is 203 g/mol. The van der Waals surface area contributed by atoms with Crippen LogP contribution in [0.2, 0.25) is 0 Å². The second-order valence-electron chi connectivity index (χ2n) is 2.38. The number of hydrogen-bond donors (Lipinski definition) is 1. The normalized spacial score (nSPS) is 25.1. The van der Waals surface area contributed by atoms with Gasteiger partial charge >= 0.3 is 0 Å². The fourth-order valence-electron chi connectivity index (χ4n) is 1.04. The van der Waals surface area contributed by atoms with Crippen molar-refractivity contribution in [3.8, 4) is 0 Å². The third-order valence-electron chi connectivity index (χ3n) is 1.72. The Bertz CT molecular complexity index is 94.7. The first kappa shape index (κ1) is 14.0. The van der Waals surface area contributed by atoms with E-state index in [1.54, 1.807) is 7.11 Å². The molecule has 3 nitrogen and oxygen atoms in total. The Balaban J connectivity index is 0. The number of likely N-dealkylation sites (N-methyl/N-ethyl adjacent to an activating group) is 1. The fourth-order valence-corrected chi connectivity index (χ4v) is 1.04. The van der Waals surface area contributed by atoms with E-state index in [1.165, 1.54) is 0 Å². The number of ether oxygens (including phenoxy) is 1. The molecule has 0 bridgehead atoms. The van der Waals surface area contributed by atoms with Gasteiger partial charge in [-0.2, -0.15) is 0 Å². The third kappa shape index (κ3) is 4.13. The van der Waals surface area contributed by atoms with Crippen LogP contribution in [0.5, 0.6) is 0 Å². The van der Waals surface area contributed by atoms with Crippen LogP contribution < -0.4 is 5.32 Å². The molecule has 0 unspecified atom stereocenters. The summed E-state index contributed by atoms with van der Waals surface area (Å²) in [5.41, 5.74) is 0. The van der Waals surface area contributed by atoms with E-state index in [2.05, 4.69) is 17.3 Å². The molecule has 1 N–H and O–H groups in total. The van der Waals surface area contributed by atoms with Crippen LogP contribution in [0.3, 0.4) is 0 Å². The molecule has 0 aromatic rings. The minimum Gasteiger partial charge on any atom is -0.365 e. The monoisotopic (exact) mass is 202 g/mol. The van der Waals surface area contributed by atoms with Crippen LogP contribution in [-0.2, 0) is 4.74 Å². The summed E-state index contributed by atoms with van der Waals surface area (Å²) >= 11 is 0. The van der Waals surface area contributed by atoms with Crippen molar-refractivity contribution in [2.45, 2.75) is 6.23 Å². The molecular weight excluding hydrogens is 187 g/mol. The van der Waals surface area contributed by atoms with E-state index in [1.807, 2.05) is 0 Å². The van der Waals surface area contributed by atoms with Gasteiger partial charge in [0.15, 0.2) is 0 Å². The van der Waals surface area contributed by atoms with Gasteiger partial charge in [-0.1, -0.05) is 0 Å². The Morgan fingerprint density at radius 1 is 1.45 bits per heavy atom. The first-order valence-corrected chi connectivity index (χ1v) is 3.28. The van der Waals surface area contributed by atoms with Crippen molar-refractivity contribution < 1.29 is 4.74 Å². The van der Waals surface area contributed by atoms with Crippen molar-refractivity contribution in [3.63, 3.8) is 0 Å². The number of piperazine rings is 1. The molecule has 1 rings (SSSR count). The van der Waals surface area contributed by atoms with Gasteiger partial charge in [-0.15, -0.1) is 24.8 Å². The standard InChI is InChI=1S/C6H14N2O.2ClH/c1-8-4-3-7-5-6(8)9-2;;/h6-7H,3-5H2,1-2H3;2*1H/t6-;;/m0../s1. The van der Waals surface area contributed by atoms with Crippen molar-refractivity contribution >= 4 is 24.8 Å².